The van der Waals surface area contributed by atoms with Crippen LogP contribution in [0.1, 0.15) is 23.5 Å². The van der Waals surface area contributed by atoms with Gasteiger partial charge >= 0.3 is 0 Å². The Balaban J connectivity index is 1.41. The second kappa shape index (κ2) is 5.27. The number of hydrogen-bond acceptors (Lipinski definition) is 1. The van der Waals surface area contributed by atoms with Gasteiger partial charge in [0.2, 0.25) is 0 Å². The van der Waals surface area contributed by atoms with E-state index >= 15 is 0 Å². The Bertz CT molecular complexity index is 607. The van der Waals surface area contributed by atoms with Crippen molar-refractivity contribution in [1.82, 2.24) is 4.90 Å². The predicted octanol–water partition coefficient (Wildman–Crippen LogP) is 4.06. The number of hydrogen-bond donors (Lipinski definition) is 0. The summed E-state index contributed by atoms with van der Waals surface area (Å²) in [5, 5.41) is 0. The van der Waals surface area contributed by atoms with Crippen LogP contribution in [0.4, 0.5) is 4.39 Å². The summed E-state index contributed by atoms with van der Waals surface area (Å²) in [6.07, 6.45) is 1.27. The smallest absolute Gasteiger partial charge is 0.123 e. The van der Waals surface area contributed by atoms with Crippen LogP contribution in [0, 0.1) is 17.7 Å². The summed E-state index contributed by atoms with van der Waals surface area (Å²) in [5.41, 5.74) is 2.72. The van der Waals surface area contributed by atoms with Crippen molar-refractivity contribution in [3.8, 4) is 0 Å². The van der Waals surface area contributed by atoms with Crippen LogP contribution in [0.5, 0.6) is 0 Å². The topological polar surface area (TPSA) is 3.24 Å². The number of benzene rings is 2. The Morgan fingerprint density at radius 2 is 1.71 bits per heavy atom. The Labute approximate surface area is 125 Å². The summed E-state index contributed by atoms with van der Waals surface area (Å²) in [4.78, 5) is 2.58. The van der Waals surface area contributed by atoms with Crippen LogP contribution in [0.3, 0.4) is 0 Å². The molecule has 0 bridgehead atoms. The lowest BCUT2D eigenvalue weighted by Crippen LogP contribution is -2.33. The van der Waals surface area contributed by atoms with Crippen LogP contribution in [0.15, 0.2) is 54.6 Å². The summed E-state index contributed by atoms with van der Waals surface area (Å²) >= 11 is 0. The molecule has 1 saturated heterocycles. The molecule has 0 aromatic heterocycles. The van der Waals surface area contributed by atoms with Gasteiger partial charge < -0.3 is 0 Å². The first-order valence-electron chi connectivity index (χ1n) is 7.81. The van der Waals surface area contributed by atoms with Gasteiger partial charge in [0.15, 0.2) is 0 Å². The number of nitrogens with zero attached hydrogens (tertiary/aromatic N) is 1. The third-order valence-electron chi connectivity index (χ3n) is 5.19. The zero-order chi connectivity index (χ0) is 14.2. The summed E-state index contributed by atoms with van der Waals surface area (Å²) in [6.45, 7) is 3.46. The predicted molar refractivity (Wildman–Crippen MR) is 82.5 cm³/mol. The van der Waals surface area contributed by atoms with Gasteiger partial charge in [0.05, 0.1) is 0 Å². The standard InChI is InChI=1S/C19H20FN/c20-17-8-6-15(7-9-17)18-10-16-12-21(13-19(16)18)11-14-4-2-1-3-5-14/h1-9,16,18-19H,10-13H2/t16-,18-,19+/m1/s1. The molecule has 2 aliphatic rings. The van der Waals surface area contributed by atoms with Crippen LogP contribution in [0.25, 0.3) is 0 Å². The molecule has 1 heterocycles. The molecule has 3 atom stereocenters. The molecule has 2 aromatic carbocycles. The molecule has 0 amide bonds. The average molecular weight is 281 g/mol. The molecule has 1 aliphatic heterocycles. The molecule has 2 heteroatoms. The van der Waals surface area contributed by atoms with Crippen LogP contribution in [0.2, 0.25) is 0 Å². The number of halogens is 1. The minimum atomic E-state index is -0.133. The van der Waals surface area contributed by atoms with Crippen LogP contribution >= 0.6 is 0 Å². The van der Waals surface area contributed by atoms with Gasteiger partial charge in [-0.05, 0) is 47.4 Å². The van der Waals surface area contributed by atoms with E-state index in [4.69, 9.17) is 0 Å². The van der Waals surface area contributed by atoms with Gasteiger partial charge in [-0.2, -0.15) is 0 Å². The molecule has 0 spiro atoms. The highest BCUT2D eigenvalue weighted by Gasteiger charge is 2.47. The third-order valence-corrected chi connectivity index (χ3v) is 5.19. The Hall–Kier alpha value is -1.67. The van der Waals surface area contributed by atoms with Crippen molar-refractivity contribution < 1.29 is 4.39 Å². The van der Waals surface area contributed by atoms with E-state index in [1.54, 1.807) is 12.1 Å². The highest BCUT2D eigenvalue weighted by molar-refractivity contribution is 5.26. The first-order valence-corrected chi connectivity index (χ1v) is 7.81. The van der Waals surface area contributed by atoms with Gasteiger partial charge in [-0.25, -0.2) is 4.39 Å². The molecule has 1 saturated carbocycles. The lowest BCUT2D eigenvalue weighted by Gasteiger charge is -2.40. The van der Waals surface area contributed by atoms with Gasteiger partial charge in [-0.3, -0.25) is 4.90 Å². The van der Waals surface area contributed by atoms with Crippen LogP contribution in [-0.2, 0) is 6.54 Å². The number of likely N-dealkylation sites (tertiary alicyclic amines) is 1. The summed E-state index contributed by atoms with van der Waals surface area (Å²) in [6, 6.07) is 17.8. The van der Waals surface area contributed by atoms with Gasteiger partial charge in [0.25, 0.3) is 0 Å². The third kappa shape index (κ3) is 2.49. The normalized spacial score (nSPS) is 28.1. The highest BCUT2D eigenvalue weighted by atomic mass is 19.1. The summed E-state index contributed by atoms with van der Waals surface area (Å²) in [7, 11) is 0. The maximum Gasteiger partial charge on any atom is 0.123 e. The Morgan fingerprint density at radius 1 is 0.952 bits per heavy atom. The zero-order valence-corrected chi connectivity index (χ0v) is 12.1. The quantitative estimate of drug-likeness (QED) is 0.820. The minimum Gasteiger partial charge on any atom is -0.298 e. The largest absolute Gasteiger partial charge is 0.298 e. The van der Waals surface area contributed by atoms with Crippen molar-refractivity contribution in [1.29, 1.82) is 0 Å². The molecule has 0 radical (unpaired) electrons. The fourth-order valence-corrected chi connectivity index (χ4v) is 4.06. The molecule has 4 rings (SSSR count). The molecule has 2 fully saturated rings. The van der Waals surface area contributed by atoms with E-state index in [9.17, 15) is 4.39 Å². The van der Waals surface area contributed by atoms with Gasteiger partial charge in [0, 0.05) is 19.6 Å². The van der Waals surface area contributed by atoms with Crippen LogP contribution < -0.4 is 0 Å². The Kier molecular flexibility index (Phi) is 3.27. The zero-order valence-electron chi connectivity index (χ0n) is 12.1. The van der Waals surface area contributed by atoms with E-state index < -0.39 is 0 Å². The summed E-state index contributed by atoms with van der Waals surface area (Å²) < 4.78 is 13.0. The van der Waals surface area contributed by atoms with Gasteiger partial charge in [-0.1, -0.05) is 42.5 Å². The van der Waals surface area contributed by atoms with E-state index in [1.807, 2.05) is 12.1 Å². The molecule has 0 unspecified atom stereocenters. The van der Waals surface area contributed by atoms with Crippen molar-refractivity contribution in [2.24, 2.45) is 11.8 Å². The SMILES string of the molecule is Fc1ccc([C@H]2C[C@@H]3CN(Cc4ccccc4)C[C@@H]32)cc1. The van der Waals surface area contributed by atoms with Crippen molar-refractivity contribution >= 4 is 0 Å². The molecule has 1 nitrogen and oxygen atoms in total. The lowest BCUT2D eigenvalue weighted by atomic mass is 9.64. The van der Waals surface area contributed by atoms with Crippen molar-refractivity contribution in [2.75, 3.05) is 13.1 Å². The molecular formula is C19H20FN. The van der Waals surface area contributed by atoms with Crippen molar-refractivity contribution in [2.45, 2.75) is 18.9 Å². The molecule has 0 N–H and O–H groups in total. The van der Waals surface area contributed by atoms with E-state index in [2.05, 4.69) is 35.2 Å². The molecule has 2 aromatic rings. The fourth-order valence-electron chi connectivity index (χ4n) is 4.06. The molecular weight excluding hydrogens is 261 g/mol. The second-order valence-corrected chi connectivity index (χ2v) is 6.50. The number of fused-ring (bicyclic) bond motifs is 1. The van der Waals surface area contributed by atoms with E-state index in [-0.39, 0.29) is 5.82 Å². The Morgan fingerprint density at radius 3 is 2.48 bits per heavy atom. The maximum atomic E-state index is 13.0. The second-order valence-electron chi connectivity index (χ2n) is 6.50. The van der Waals surface area contributed by atoms with Crippen molar-refractivity contribution in [3.05, 3.63) is 71.5 Å². The first kappa shape index (κ1) is 13.0. The maximum absolute atomic E-state index is 13.0. The first-order chi connectivity index (χ1) is 10.3. The molecule has 21 heavy (non-hydrogen) atoms. The minimum absolute atomic E-state index is 0.133. The average Bonchev–Trinajstić information content (AvgIpc) is 2.80. The van der Waals surface area contributed by atoms with Crippen molar-refractivity contribution in [3.63, 3.8) is 0 Å². The fraction of sp³-hybridized carbons (Fsp3) is 0.368. The highest BCUT2D eigenvalue weighted by Crippen LogP contribution is 2.51. The van der Waals surface area contributed by atoms with Gasteiger partial charge in [-0.15, -0.1) is 0 Å². The van der Waals surface area contributed by atoms with E-state index in [1.165, 1.54) is 30.6 Å². The van der Waals surface area contributed by atoms with Crippen LogP contribution in [-0.4, -0.2) is 18.0 Å². The summed E-state index contributed by atoms with van der Waals surface area (Å²) in [5.74, 6) is 2.10. The van der Waals surface area contributed by atoms with Gasteiger partial charge in [0.1, 0.15) is 5.82 Å². The van der Waals surface area contributed by atoms with E-state index in [0.717, 1.165) is 18.4 Å². The van der Waals surface area contributed by atoms with E-state index in [0.29, 0.717) is 5.92 Å². The number of rotatable bonds is 3. The molecule has 108 valence electrons. The lowest BCUT2D eigenvalue weighted by molar-refractivity contribution is 0.191. The molecule has 1 aliphatic carbocycles. The monoisotopic (exact) mass is 281 g/mol.